The Labute approximate surface area is 90.9 Å². The lowest BCUT2D eigenvalue weighted by Crippen LogP contribution is -2.33. The number of amidine groups is 1. The van der Waals surface area contributed by atoms with E-state index in [1.165, 1.54) is 32.1 Å². The van der Waals surface area contributed by atoms with E-state index in [-0.39, 0.29) is 0 Å². The van der Waals surface area contributed by atoms with Crippen LogP contribution < -0.4 is 11.1 Å². The van der Waals surface area contributed by atoms with Gasteiger partial charge < -0.3 is 16.3 Å². The highest BCUT2D eigenvalue weighted by Crippen LogP contribution is 2.48. The second-order valence-corrected chi connectivity index (χ2v) is 5.20. The molecule has 4 nitrogen and oxygen atoms in total. The van der Waals surface area contributed by atoms with Gasteiger partial charge in [0.2, 0.25) is 0 Å². The molecule has 0 amide bonds. The Kier molecular flexibility index (Phi) is 3.14. The summed E-state index contributed by atoms with van der Waals surface area (Å²) in [6.07, 6.45) is 7.34. The molecule has 0 unspecified atom stereocenters. The quantitative estimate of drug-likeness (QED) is 0.268. The number of hydrogen-bond donors (Lipinski definition) is 3. The van der Waals surface area contributed by atoms with Crippen LogP contribution >= 0.6 is 0 Å². The van der Waals surface area contributed by atoms with Gasteiger partial charge in [-0.25, -0.2) is 0 Å². The second-order valence-electron chi connectivity index (χ2n) is 5.20. The minimum absolute atomic E-state index is 0.306. The van der Waals surface area contributed by atoms with E-state index in [0.29, 0.717) is 11.3 Å². The van der Waals surface area contributed by atoms with Gasteiger partial charge in [-0.15, -0.1) is 0 Å². The van der Waals surface area contributed by atoms with Crippen molar-refractivity contribution in [2.45, 2.75) is 38.5 Å². The van der Waals surface area contributed by atoms with Crippen LogP contribution in [0.5, 0.6) is 0 Å². The van der Waals surface area contributed by atoms with Crippen LogP contribution in [0.15, 0.2) is 5.16 Å². The first-order valence-corrected chi connectivity index (χ1v) is 5.91. The molecule has 2 fully saturated rings. The normalized spacial score (nSPS) is 24.9. The molecular formula is C11H21N3O. The predicted octanol–water partition coefficient (Wildman–Crippen LogP) is 1.29. The van der Waals surface area contributed by atoms with Gasteiger partial charge in [-0.2, -0.15) is 0 Å². The van der Waals surface area contributed by atoms with Crippen LogP contribution in [0.1, 0.15) is 38.5 Å². The Morgan fingerprint density at radius 2 is 2.20 bits per heavy atom. The molecule has 0 bridgehead atoms. The van der Waals surface area contributed by atoms with Crippen molar-refractivity contribution in [3.8, 4) is 0 Å². The first kappa shape index (κ1) is 10.7. The number of nitrogens with two attached hydrogens (primary N) is 1. The lowest BCUT2D eigenvalue weighted by molar-refractivity contribution is 0.290. The maximum atomic E-state index is 8.53. The standard InChI is InChI=1S/C11H21N3O/c12-10(14-15)6-11(4-5-11)8-13-7-9-2-1-3-9/h9,13,15H,1-8H2,(H2,12,14). The third-order valence-electron chi connectivity index (χ3n) is 3.80. The van der Waals surface area contributed by atoms with Gasteiger partial charge in [0.15, 0.2) is 0 Å². The van der Waals surface area contributed by atoms with Gasteiger partial charge in [0.25, 0.3) is 0 Å². The van der Waals surface area contributed by atoms with Crippen molar-refractivity contribution in [3.63, 3.8) is 0 Å². The van der Waals surface area contributed by atoms with E-state index in [4.69, 9.17) is 10.9 Å². The lowest BCUT2D eigenvalue weighted by Gasteiger charge is -2.26. The summed E-state index contributed by atoms with van der Waals surface area (Å²) in [5.74, 6) is 1.28. The van der Waals surface area contributed by atoms with Crippen LogP contribution in [0.3, 0.4) is 0 Å². The summed E-state index contributed by atoms with van der Waals surface area (Å²) in [6, 6.07) is 0. The Morgan fingerprint density at radius 1 is 1.47 bits per heavy atom. The van der Waals surface area contributed by atoms with Crippen LogP contribution in [0.4, 0.5) is 0 Å². The van der Waals surface area contributed by atoms with Crippen LogP contribution in [-0.2, 0) is 0 Å². The van der Waals surface area contributed by atoms with E-state index in [2.05, 4.69) is 10.5 Å². The SMILES string of the molecule is NC(CC1(CNCC2CCC2)CC1)=NO. The van der Waals surface area contributed by atoms with Gasteiger partial charge in [0, 0.05) is 13.0 Å². The monoisotopic (exact) mass is 211 g/mol. The topological polar surface area (TPSA) is 70.6 Å². The number of nitrogens with one attached hydrogen (secondary N) is 1. The van der Waals surface area contributed by atoms with Crippen molar-refractivity contribution < 1.29 is 5.21 Å². The van der Waals surface area contributed by atoms with E-state index >= 15 is 0 Å². The van der Waals surface area contributed by atoms with E-state index < -0.39 is 0 Å². The highest BCUT2D eigenvalue weighted by atomic mass is 16.4. The lowest BCUT2D eigenvalue weighted by atomic mass is 9.85. The molecule has 15 heavy (non-hydrogen) atoms. The summed E-state index contributed by atoms with van der Waals surface area (Å²) < 4.78 is 0. The number of hydrogen-bond acceptors (Lipinski definition) is 3. The zero-order valence-corrected chi connectivity index (χ0v) is 9.21. The molecule has 4 N–H and O–H groups in total. The molecule has 2 rings (SSSR count). The van der Waals surface area contributed by atoms with Crippen molar-refractivity contribution in [2.75, 3.05) is 13.1 Å². The molecule has 4 heteroatoms. The van der Waals surface area contributed by atoms with Gasteiger partial charge in [0.1, 0.15) is 5.84 Å². The minimum atomic E-state index is 0.306. The van der Waals surface area contributed by atoms with Crippen molar-refractivity contribution >= 4 is 5.84 Å². The van der Waals surface area contributed by atoms with Gasteiger partial charge >= 0.3 is 0 Å². The average Bonchev–Trinajstić information content (AvgIpc) is 2.90. The second kappa shape index (κ2) is 4.39. The zero-order chi connectivity index (χ0) is 10.7. The summed E-state index contributed by atoms with van der Waals surface area (Å²) in [7, 11) is 0. The first-order valence-electron chi connectivity index (χ1n) is 5.91. The van der Waals surface area contributed by atoms with Crippen molar-refractivity contribution in [1.82, 2.24) is 5.32 Å². The fourth-order valence-corrected chi connectivity index (χ4v) is 2.25. The van der Waals surface area contributed by atoms with Crippen molar-refractivity contribution in [3.05, 3.63) is 0 Å². The molecule has 0 aromatic heterocycles. The molecular weight excluding hydrogens is 190 g/mol. The number of rotatable bonds is 6. The van der Waals surface area contributed by atoms with Gasteiger partial charge in [0.05, 0.1) is 0 Å². The van der Waals surface area contributed by atoms with Gasteiger partial charge in [-0.3, -0.25) is 0 Å². The molecule has 0 spiro atoms. The van der Waals surface area contributed by atoms with E-state index in [1.54, 1.807) is 0 Å². The predicted molar refractivity (Wildman–Crippen MR) is 59.9 cm³/mol. The summed E-state index contributed by atoms with van der Waals surface area (Å²) >= 11 is 0. The molecule has 0 saturated heterocycles. The Morgan fingerprint density at radius 3 is 2.67 bits per heavy atom. The highest BCUT2D eigenvalue weighted by molar-refractivity contribution is 5.80. The van der Waals surface area contributed by atoms with Gasteiger partial charge in [-0.05, 0) is 43.6 Å². The first-order chi connectivity index (χ1) is 7.24. The smallest absolute Gasteiger partial charge is 0.139 e. The van der Waals surface area contributed by atoms with E-state index in [9.17, 15) is 0 Å². The Balaban J connectivity index is 1.64. The fraction of sp³-hybridized carbons (Fsp3) is 0.909. The van der Waals surface area contributed by atoms with E-state index in [1.807, 2.05) is 0 Å². The highest BCUT2D eigenvalue weighted by Gasteiger charge is 2.42. The summed E-state index contributed by atoms with van der Waals surface area (Å²) in [4.78, 5) is 0. The maximum Gasteiger partial charge on any atom is 0.139 e. The third kappa shape index (κ3) is 2.84. The van der Waals surface area contributed by atoms with Crippen molar-refractivity contribution in [1.29, 1.82) is 0 Å². The molecule has 86 valence electrons. The molecule has 0 radical (unpaired) electrons. The molecule has 0 aromatic rings. The van der Waals surface area contributed by atoms with Crippen LogP contribution in [0.25, 0.3) is 0 Å². The molecule has 0 aromatic carbocycles. The summed E-state index contributed by atoms with van der Waals surface area (Å²) in [5, 5.41) is 15.1. The number of oxime groups is 1. The van der Waals surface area contributed by atoms with Crippen molar-refractivity contribution in [2.24, 2.45) is 22.2 Å². The summed E-state index contributed by atoms with van der Waals surface area (Å²) in [5.41, 5.74) is 5.85. The largest absolute Gasteiger partial charge is 0.409 e. The number of nitrogens with zero attached hydrogens (tertiary/aromatic N) is 1. The molecule has 2 aliphatic rings. The zero-order valence-electron chi connectivity index (χ0n) is 9.21. The molecule has 2 saturated carbocycles. The third-order valence-corrected chi connectivity index (χ3v) is 3.80. The molecule has 0 atom stereocenters. The fourth-order valence-electron chi connectivity index (χ4n) is 2.25. The summed E-state index contributed by atoms with van der Waals surface area (Å²) in [6.45, 7) is 2.18. The Hall–Kier alpha value is -0.770. The van der Waals surface area contributed by atoms with Crippen LogP contribution in [0, 0.1) is 11.3 Å². The molecule has 2 aliphatic carbocycles. The maximum absolute atomic E-state index is 8.53. The average molecular weight is 211 g/mol. The Bertz CT molecular complexity index is 244. The molecule has 0 heterocycles. The minimum Gasteiger partial charge on any atom is -0.409 e. The van der Waals surface area contributed by atoms with E-state index in [0.717, 1.165) is 25.4 Å². The van der Waals surface area contributed by atoms with Crippen LogP contribution in [0.2, 0.25) is 0 Å². The van der Waals surface area contributed by atoms with Gasteiger partial charge in [-0.1, -0.05) is 11.6 Å². The van der Waals surface area contributed by atoms with Crippen LogP contribution in [-0.4, -0.2) is 24.1 Å². The molecule has 0 aliphatic heterocycles.